The van der Waals surface area contributed by atoms with Gasteiger partial charge in [0.25, 0.3) is 0 Å². The van der Waals surface area contributed by atoms with E-state index in [0.29, 0.717) is 12.8 Å². The third-order valence-corrected chi connectivity index (χ3v) is 2.94. The molecule has 1 rings (SSSR count). The first kappa shape index (κ1) is 15.8. The molecule has 0 spiro atoms. The van der Waals surface area contributed by atoms with Crippen LogP contribution in [0.25, 0.3) is 0 Å². The molecule has 1 aliphatic rings. The fraction of sp³-hybridized carbons (Fsp3) is 0.846. The highest BCUT2D eigenvalue weighted by Gasteiger charge is 2.42. The number of aliphatic hydroxyl groups is 1. The Kier molecular flexibility index (Phi) is 4.45. The molecule has 0 aromatic carbocycles. The zero-order valence-electron chi connectivity index (χ0n) is 12.2. The number of hydrogen-bond acceptors (Lipinski definition) is 5. The zero-order chi connectivity index (χ0) is 14.8. The van der Waals surface area contributed by atoms with Gasteiger partial charge in [-0.1, -0.05) is 0 Å². The average molecular weight is 273 g/mol. The van der Waals surface area contributed by atoms with Gasteiger partial charge in [0.05, 0.1) is 19.3 Å². The summed E-state index contributed by atoms with van der Waals surface area (Å²) in [5.74, 6) is -0.485. The van der Waals surface area contributed by atoms with Gasteiger partial charge in [0.1, 0.15) is 11.6 Å². The second-order valence-corrected chi connectivity index (χ2v) is 6.18. The highest BCUT2D eigenvalue weighted by Crippen LogP contribution is 2.27. The number of β-amino-alcohol motifs (C(OH)–C–C–N with tert-alkyl or cyclic N) is 1. The van der Waals surface area contributed by atoms with Crippen molar-refractivity contribution in [2.75, 3.05) is 13.7 Å². The Morgan fingerprint density at radius 3 is 2.42 bits per heavy atom. The van der Waals surface area contributed by atoms with Crippen molar-refractivity contribution in [2.24, 2.45) is 0 Å². The minimum absolute atomic E-state index is 0.0572. The fourth-order valence-corrected chi connectivity index (χ4v) is 2.05. The van der Waals surface area contributed by atoms with E-state index in [0.717, 1.165) is 0 Å². The smallest absolute Gasteiger partial charge is 0.411 e. The van der Waals surface area contributed by atoms with Crippen LogP contribution in [0.2, 0.25) is 0 Å². The number of piperidine rings is 1. The highest BCUT2D eigenvalue weighted by atomic mass is 16.6. The summed E-state index contributed by atoms with van der Waals surface area (Å²) in [4.78, 5) is 25.1. The summed E-state index contributed by atoms with van der Waals surface area (Å²) in [5, 5.41) is 10.1. The Morgan fingerprint density at radius 1 is 1.37 bits per heavy atom. The molecule has 0 aliphatic carbocycles. The van der Waals surface area contributed by atoms with Crippen LogP contribution in [-0.4, -0.2) is 53.0 Å². The van der Waals surface area contributed by atoms with Crippen molar-refractivity contribution in [3.05, 3.63) is 0 Å². The van der Waals surface area contributed by atoms with Crippen molar-refractivity contribution in [2.45, 2.75) is 57.8 Å². The average Bonchev–Trinajstić information content (AvgIpc) is 2.24. The number of amides is 1. The molecule has 1 aliphatic heterocycles. The zero-order valence-corrected chi connectivity index (χ0v) is 12.2. The number of hydrogen-bond donors (Lipinski definition) is 1. The molecule has 1 N–H and O–H groups in total. The lowest BCUT2D eigenvalue weighted by molar-refractivity contribution is -0.151. The maximum atomic E-state index is 12.1. The van der Waals surface area contributed by atoms with Crippen LogP contribution < -0.4 is 0 Å². The van der Waals surface area contributed by atoms with Gasteiger partial charge in [-0.2, -0.15) is 0 Å². The van der Waals surface area contributed by atoms with Crippen molar-refractivity contribution in [1.29, 1.82) is 0 Å². The van der Waals surface area contributed by atoms with Crippen LogP contribution in [0, 0.1) is 0 Å². The van der Waals surface area contributed by atoms with Gasteiger partial charge in [0, 0.05) is 0 Å². The monoisotopic (exact) mass is 273 g/mol. The predicted octanol–water partition coefficient (Wildman–Crippen LogP) is 1.31. The maximum absolute atomic E-state index is 12.1. The summed E-state index contributed by atoms with van der Waals surface area (Å²) in [7, 11) is 1.28. The van der Waals surface area contributed by atoms with Gasteiger partial charge in [-0.3, -0.25) is 4.90 Å². The van der Waals surface area contributed by atoms with Crippen LogP contribution in [0.1, 0.15) is 40.5 Å². The van der Waals surface area contributed by atoms with Crippen LogP contribution in [0.3, 0.4) is 0 Å². The van der Waals surface area contributed by atoms with Crippen molar-refractivity contribution < 1.29 is 24.2 Å². The van der Waals surface area contributed by atoms with Gasteiger partial charge in [0.2, 0.25) is 0 Å². The van der Waals surface area contributed by atoms with Crippen LogP contribution in [0.4, 0.5) is 4.79 Å². The Hall–Kier alpha value is -1.30. The number of nitrogens with zero attached hydrogens (tertiary/aromatic N) is 1. The molecule has 1 amide bonds. The summed E-state index contributed by atoms with van der Waals surface area (Å²) in [5.41, 5.74) is -1.66. The van der Waals surface area contributed by atoms with E-state index in [9.17, 15) is 14.7 Å². The van der Waals surface area contributed by atoms with Crippen molar-refractivity contribution in [3.63, 3.8) is 0 Å². The van der Waals surface area contributed by atoms with Gasteiger partial charge < -0.3 is 14.6 Å². The summed E-state index contributed by atoms with van der Waals surface area (Å²) < 4.78 is 9.96. The van der Waals surface area contributed by atoms with Crippen molar-refractivity contribution in [3.8, 4) is 0 Å². The minimum Gasteiger partial charge on any atom is -0.467 e. The number of carbonyl (C=O) groups excluding carboxylic acids is 2. The first-order chi connectivity index (χ1) is 8.56. The molecule has 110 valence electrons. The molecule has 6 nitrogen and oxygen atoms in total. The molecule has 1 saturated heterocycles. The van der Waals surface area contributed by atoms with E-state index in [1.807, 2.05) is 0 Å². The first-order valence-corrected chi connectivity index (χ1v) is 6.35. The molecular formula is C13H23NO5. The standard InChI is InChI=1S/C13H23NO5/c1-12(2,3)19-11(16)14-8-13(4,17)7-6-9(14)10(15)18-5/h9,17H,6-8H2,1-5H3. The van der Waals surface area contributed by atoms with Gasteiger partial charge >= 0.3 is 12.1 Å². The van der Waals surface area contributed by atoms with E-state index in [1.54, 1.807) is 27.7 Å². The summed E-state index contributed by atoms with van der Waals surface area (Å²) in [6.45, 7) is 6.94. The third-order valence-electron chi connectivity index (χ3n) is 2.94. The number of carbonyl (C=O) groups is 2. The van der Waals surface area contributed by atoms with Gasteiger partial charge in [-0.05, 0) is 40.5 Å². The fourth-order valence-electron chi connectivity index (χ4n) is 2.05. The summed E-state index contributed by atoms with van der Waals surface area (Å²) in [6.07, 6.45) is 0.188. The predicted molar refractivity (Wildman–Crippen MR) is 68.6 cm³/mol. The lowest BCUT2D eigenvalue weighted by atomic mass is 9.90. The SMILES string of the molecule is COC(=O)C1CCC(C)(O)CN1C(=O)OC(C)(C)C. The highest BCUT2D eigenvalue weighted by molar-refractivity contribution is 5.81. The number of likely N-dealkylation sites (tertiary alicyclic amines) is 1. The number of ether oxygens (including phenoxy) is 2. The van der Waals surface area contributed by atoms with Gasteiger partial charge in [0.15, 0.2) is 0 Å². The second-order valence-electron chi connectivity index (χ2n) is 6.18. The number of methoxy groups -OCH3 is 1. The van der Waals surface area contributed by atoms with Crippen molar-refractivity contribution in [1.82, 2.24) is 4.90 Å². The molecule has 6 heteroatoms. The molecule has 2 unspecified atom stereocenters. The third kappa shape index (κ3) is 4.38. The van der Waals surface area contributed by atoms with E-state index < -0.39 is 29.3 Å². The molecule has 0 bridgehead atoms. The van der Waals surface area contributed by atoms with Crippen LogP contribution in [-0.2, 0) is 14.3 Å². The van der Waals surface area contributed by atoms with Crippen molar-refractivity contribution >= 4 is 12.1 Å². The summed E-state index contributed by atoms with van der Waals surface area (Å²) >= 11 is 0. The lowest BCUT2D eigenvalue weighted by Gasteiger charge is -2.41. The minimum atomic E-state index is -1.01. The second kappa shape index (κ2) is 5.36. The molecule has 0 aromatic rings. The van der Waals surface area contributed by atoms with Gasteiger partial charge in [-0.15, -0.1) is 0 Å². The van der Waals surface area contributed by atoms with Crippen LogP contribution >= 0.6 is 0 Å². The molecule has 2 atom stereocenters. The largest absolute Gasteiger partial charge is 0.467 e. The molecule has 0 aromatic heterocycles. The Bertz CT molecular complexity index is 359. The Morgan fingerprint density at radius 2 is 1.95 bits per heavy atom. The van der Waals surface area contributed by atoms with Gasteiger partial charge in [-0.25, -0.2) is 9.59 Å². The molecule has 19 heavy (non-hydrogen) atoms. The van der Waals surface area contributed by atoms with E-state index >= 15 is 0 Å². The topological polar surface area (TPSA) is 76.1 Å². The molecular weight excluding hydrogens is 250 g/mol. The lowest BCUT2D eigenvalue weighted by Crippen LogP contribution is -2.57. The van der Waals surface area contributed by atoms with Crippen LogP contribution in [0.15, 0.2) is 0 Å². The van der Waals surface area contributed by atoms with E-state index in [4.69, 9.17) is 9.47 Å². The number of rotatable bonds is 1. The number of esters is 1. The summed E-state index contributed by atoms with van der Waals surface area (Å²) in [6, 6.07) is -0.694. The van der Waals surface area contributed by atoms with E-state index in [2.05, 4.69) is 0 Å². The Balaban J connectivity index is 2.88. The normalized spacial score (nSPS) is 27.9. The molecule has 0 saturated carbocycles. The quantitative estimate of drug-likeness (QED) is 0.729. The molecule has 1 heterocycles. The van der Waals surface area contributed by atoms with Crippen LogP contribution in [0.5, 0.6) is 0 Å². The maximum Gasteiger partial charge on any atom is 0.411 e. The van der Waals surface area contributed by atoms with E-state index in [-0.39, 0.29) is 6.54 Å². The molecule has 1 fully saturated rings. The van der Waals surface area contributed by atoms with E-state index in [1.165, 1.54) is 12.0 Å². The first-order valence-electron chi connectivity index (χ1n) is 6.35. The molecule has 0 radical (unpaired) electrons. The Labute approximate surface area is 113 Å².